The van der Waals surface area contributed by atoms with Crippen molar-refractivity contribution in [1.29, 1.82) is 0 Å². The van der Waals surface area contributed by atoms with Gasteiger partial charge in [-0.3, -0.25) is 23.9 Å². The maximum Gasteiger partial charge on any atom is 0.330 e. The number of rotatable bonds is 10. The van der Waals surface area contributed by atoms with Crippen LogP contribution in [0.15, 0.2) is 27.8 Å². The van der Waals surface area contributed by atoms with Crippen LogP contribution in [0, 0.1) is 18.8 Å². The number of nitrogens with two attached hydrogens (primary N) is 1. The molecule has 2 rings (SSSR count). The second kappa shape index (κ2) is 11.9. The molecule has 2 amide bonds. The molecule has 0 radical (unpaired) electrons. The maximum absolute atomic E-state index is 13.3. The van der Waals surface area contributed by atoms with Crippen LogP contribution < -0.4 is 26.6 Å². The van der Waals surface area contributed by atoms with Crippen molar-refractivity contribution in [2.24, 2.45) is 11.8 Å². The Morgan fingerprint density at radius 2 is 1.80 bits per heavy atom. The van der Waals surface area contributed by atoms with Gasteiger partial charge >= 0.3 is 5.69 Å². The molecule has 0 aliphatic heterocycles. The van der Waals surface area contributed by atoms with Gasteiger partial charge < -0.3 is 20.3 Å². The fourth-order valence-electron chi connectivity index (χ4n) is 3.41. The standard InChI is InChI=1S/C24H34ClN5O5/c1-14(2)10-29(21-22(26)30(11-15(3)4)24(34)27-23(21)33)19(31)12-28(6)20(32)13-35-18-9-16(5)7-8-17(18)25/h7-9,14-15H,10-13,26H2,1-6H3,(H,27,33,34). The van der Waals surface area contributed by atoms with Crippen LogP contribution in [0.3, 0.4) is 0 Å². The minimum absolute atomic E-state index is 0.0176. The van der Waals surface area contributed by atoms with Crippen molar-refractivity contribution in [2.75, 3.05) is 37.4 Å². The minimum Gasteiger partial charge on any atom is -0.482 e. The highest BCUT2D eigenvalue weighted by molar-refractivity contribution is 6.32. The van der Waals surface area contributed by atoms with Crippen molar-refractivity contribution in [2.45, 2.75) is 41.2 Å². The molecule has 0 saturated carbocycles. The van der Waals surface area contributed by atoms with E-state index in [1.54, 1.807) is 12.1 Å². The van der Waals surface area contributed by atoms with Gasteiger partial charge in [0.25, 0.3) is 11.5 Å². The van der Waals surface area contributed by atoms with Crippen molar-refractivity contribution in [1.82, 2.24) is 14.5 Å². The topological polar surface area (TPSA) is 131 Å². The number of likely N-dealkylation sites (N-methyl/N-ethyl adjacent to an activating group) is 1. The van der Waals surface area contributed by atoms with E-state index in [0.29, 0.717) is 10.8 Å². The summed E-state index contributed by atoms with van der Waals surface area (Å²) in [5, 5.41) is 0.372. The predicted octanol–water partition coefficient (Wildman–Crippen LogP) is 2.26. The Balaban J connectivity index is 2.26. The molecule has 0 atom stereocenters. The number of hydrogen-bond donors (Lipinski definition) is 2. The smallest absolute Gasteiger partial charge is 0.330 e. The molecule has 0 aliphatic rings. The van der Waals surface area contributed by atoms with Crippen LogP contribution in [0.1, 0.15) is 33.3 Å². The molecule has 0 aliphatic carbocycles. The Kier molecular flexibility index (Phi) is 9.53. The number of carbonyl (C=O) groups is 2. The van der Waals surface area contributed by atoms with E-state index >= 15 is 0 Å². The second-order valence-corrected chi connectivity index (χ2v) is 9.78. The molecular weight excluding hydrogens is 474 g/mol. The van der Waals surface area contributed by atoms with Gasteiger partial charge in [0.2, 0.25) is 5.91 Å². The monoisotopic (exact) mass is 507 g/mol. The average molecular weight is 508 g/mol. The van der Waals surface area contributed by atoms with Gasteiger partial charge in [-0.2, -0.15) is 0 Å². The summed E-state index contributed by atoms with van der Waals surface area (Å²) in [5.41, 5.74) is 5.64. The van der Waals surface area contributed by atoms with E-state index < -0.39 is 23.1 Å². The van der Waals surface area contributed by atoms with Crippen LogP contribution in [0.5, 0.6) is 5.75 Å². The summed E-state index contributed by atoms with van der Waals surface area (Å²) in [6.45, 7) is 9.24. The first-order valence-electron chi connectivity index (χ1n) is 11.4. The number of nitrogens with zero attached hydrogens (tertiary/aromatic N) is 3. The van der Waals surface area contributed by atoms with Crippen molar-refractivity contribution in [3.05, 3.63) is 49.6 Å². The summed E-state index contributed by atoms with van der Waals surface area (Å²) >= 11 is 6.11. The Bertz CT molecular complexity index is 1190. The Morgan fingerprint density at radius 1 is 1.14 bits per heavy atom. The number of ether oxygens (including phenoxy) is 1. The lowest BCUT2D eigenvalue weighted by Crippen LogP contribution is -2.47. The summed E-state index contributed by atoms with van der Waals surface area (Å²) in [6.07, 6.45) is 0. The van der Waals surface area contributed by atoms with Gasteiger partial charge in [0.1, 0.15) is 11.6 Å². The van der Waals surface area contributed by atoms with Crippen molar-refractivity contribution >= 4 is 34.9 Å². The fraction of sp³-hybridized carbons (Fsp3) is 0.500. The molecule has 2 aromatic rings. The number of aromatic amines is 1. The molecule has 0 fully saturated rings. The number of anilines is 2. The lowest BCUT2D eigenvalue weighted by Gasteiger charge is -2.28. The number of aryl methyl sites for hydroxylation is 1. The van der Waals surface area contributed by atoms with Gasteiger partial charge in [0.15, 0.2) is 12.3 Å². The Morgan fingerprint density at radius 3 is 2.40 bits per heavy atom. The van der Waals surface area contributed by atoms with Gasteiger partial charge in [0.05, 0.1) is 11.6 Å². The van der Waals surface area contributed by atoms with E-state index in [0.717, 1.165) is 5.56 Å². The molecule has 11 heteroatoms. The lowest BCUT2D eigenvalue weighted by molar-refractivity contribution is -0.135. The molecule has 0 saturated heterocycles. The normalized spacial score (nSPS) is 11.1. The number of benzene rings is 1. The molecule has 0 spiro atoms. The molecule has 1 aromatic carbocycles. The highest BCUT2D eigenvalue weighted by Crippen LogP contribution is 2.25. The maximum atomic E-state index is 13.3. The van der Waals surface area contributed by atoms with Gasteiger partial charge in [0, 0.05) is 20.1 Å². The van der Waals surface area contributed by atoms with Gasteiger partial charge in [-0.1, -0.05) is 45.4 Å². The van der Waals surface area contributed by atoms with E-state index in [9.17, 15) is 19.2 Å². The average Bonchev–Trinajstić information content (AvgIpc) is 2.75. The number of amides is 2. The molecule has 10 nitrogen and oxygen atoms in total. The molecule has 0 bridgehead atoms. The largest absolute Gasteiger partial charge is 0.482 e. The predicted molar refractivity (Wildman–Crippen MR) is 137 cm³/mol. The van der Waals surface area contributed by atoms with Crippen molar-refractivity contribution in [3.63, 3.8) is 0 Å². The highest BCUT2D eigenvalue weighted by Gasteiger charge is 2.27. The summed E-state index contributed by atoms with van der Waals surface area (Å²) in [5.74, 6) is -0.632. The van der Waals surface area contributed by atoms with E-state index in [-0.39, 0.29) is 49.6 Å². The SMILES string of the molecule is Cc1ccc(Cl)c(OCC(=O)N(C)CC(=O)N(CC(C)C)c2c(N)n(CC(C)C)c(=O)[nH]c2=O)c1. The highest BCUT2D eigenvalue weighted by atomic mass is 35.5. The zero-order chi connectivity index (χ0) is 26.4. The Hall–Kier alpha value is -3.27. The summed E-state index contributed by atoms with van der Waals surface area (Å²) < 4.78 is 6.78. The first kappa shape index (κ1) is 28.0. The van der Waals surface area contributed by atoms with Crippen LogP contribution in [0.2, 0.25) is 5.02 Å². The zero-order valence-corrected chi connectivity index (χ0v) is 21.8. The van der Waals surface area contributed by atoms with Gasteiger partial charge in [-0.15, -0.1) is 0 Å². The molecule has 192 valence electrons. The van der Waals surface area contributed by atoms with E-state index in [2.05, 4.69) is 4.98 Å². The summed E-state index contributed by atoms with van der Waals surface area (Å²) in [6, 6.07) is 5.21. The molecule has 1 heterocycles. The number of nitrogens with one attached hydrogen (secondary N) is 1. The van der Waals surface area contributed by atoms with Crippen LogP contribution in [-0.4, -0.2) is 53.0 Å². The van der Waals surface area contributed by atoms with Crippen LogP contribution in [0.4, 0.5) is 11.5 Å². The first-order valence-corrected chi connectivity index (χ1v) is 11.7. The molecular formula is C24H34ClN5O5. The van der Waals surface area contributed by atoms with Crippen molar-refractivity contribution < 1.29 is 14.3 Å². The van der Waals surface area contributed by atoms with E-state index in [1.807, 2.05) is 40.7 Å². The third-order valence-electron chi connectivity index (χ3n) is 5.12. The second-order valence-electron chi connectivity index (χ2n) is 9.37. The molecule has 35 heavy (non-hydrogen) atoms. The van der Waals surface area contributed by atoms with Gasteiger partial charge in [-0.25, -0.2) is 4.79 Å². The number of hydrogen-bond acceptors (Lipinski definition) is 6. The summed E-state index contributed by atoms with van der Waals surface area (Å²) in [4.78, 5) is 55.6. The number of carbonyl (C=O) groups excluding carboxylic acids is 2. The van der Waals surface area contributed by atoms with Crippen LogP contribution in [-0.2, 0) is 16.1 Å². The van der Waals surface area contributed by atoms with Crippen LogP contribution in [0.25, 0.3) is 0 Å². The quantitative estimate of drug-likeness (QED) is 0.507. The first-order chi connectivity index (χ1) is 16.3. The van der Waals surface area contributed by atoms with E-state index in [1.165, 1.54) is 21.4 Å². The summed E-state index contributed by atoms with van der Waals surface area (Å²) in [7, 11) is 1.46. The number of H-pyrrole nitrogens is 1. The third-order valence-corrected chi connectivity index (χ3v) is 5.43. The number of nitrogen functional groups attached to an aromatic ring is 1. The number of halogens is 1. The van der Waals surface area contributed by atoms with Crippen molar-refractivity contribution in [3.8, 4) is 5.75 Å². The molecule has 3 N–H and O–H groups in total. The lowest BCUT2D eigenvalue weighted by atomic mass is 10.2. The van der Waals surface area contributed by atoms with E-state index in [4.69, 9.17) is 22.1 Å². The minimum atomic E-state index is -0.757. The Labute approximate surface area is 209 Å². The number of aromatic nitrogens is 2. The third kappa shape index (κ3) is 7.35. The van der Waals surface area contributed by atoms with Crippen LogP contribution >= 0.6 is 11.6 Å². The van der Waals surface area contributed by atoms with Gasteiger partial charge in [-0.05, 0) is 36.5 Å². The fourth-order valence-corrected chi connectivity index (χ4v) is 3.59. The molecule has 1 aromatic heterocycles. The molecule has 0 unspecified atom stereocenters. The zero-order valence-electron chi connectivity index (χ0n) is 21.1.